The maximum absolute atomic E-state index is 12.2. The predicted octanol–water partition coefficient (Wildman–Crippen LogP) is 3.42. The third-order valence-electron chi connectivity index (χ3n) is 3.65. The van der Waals surface area contributed by atoms with E-state index in [2.05, 4.69) is 16.5 Å². The Hall–Kier alpha value is -2.88. The summed E-state index contributed by atoms with van der Waals surface area (Å²) in [4.78, 5) is 12.2. The van der Waals surface area contributed by atoms with Crippen LogP contribution in [-0.4, -0.2) is 15.7 Å². The summed E-state index contributed by atoms with van der Waals surface area (Å²) in [6, 6.07) is 17.5. The van der Waals surface area contributed by atoms with Gasteiger partial charge in [-0.1, -0.05) is 29.8 Å². The van der Waals surface area contributed by atoms with Gasteiger partial charge in [0.05, 0.1) is 11.4 Å². The number of carbonyl (C=O) groups is 1. The number of carbonyl (C=O) groups excluding carboxylic acids is 1. The lowest BCUT2D eigenvalue weighted by atomic mass is 10.1. The second-order valence-corrected chi connectivity index (χ2v) is 5.62. The van der Waals surface area contributed by atoms with E-state index in [1.54, 1.807) is 4.68 Å². The van der Waals surface area contributed by atoms with Gasteiger partial charge < -0.3 is 5.32 Å². The number of hydrogen-bond acceptors (Lipinski definition) is 2. The van der Waals surface area contributed by atoms with E-state index in [0.717, 1.165) is 16.9 Å². The highest BCUT2D eigenvalue weighted by atomic mass is 16.1. The lowest BCUT2D eigenvalue weighted by molar-refractivity contribution is 0.0951. The van der Waals surface area contributed by atoms with Gasteiger partial charge in [0.25, 0.3) is 5.91 Å². The quantitative estimate of drug-likeness (QED) is 0.803. The molecule has 0 fully saturated rings. The van der Waals surface area contributed by atoms with E-state index in [1.165, 1.54) is 5.56 Å². The Balaban J connectivity index is 1.66. The molecule has 3 aromatic rings. The summed E-state index contributed by atoms with van der Waals surface area (Å²) in [5, 5.41) is 7.30. The molecule has 0 aliphatic heterocycles. The zero-order valence-electron chi connectivity index (χ0n) is 13.3. The highest BCUT2D eigenvalue weighted by molar-refractivity contribution is 5.94. The molecule has 1 amide bonds. The predicted molar refractivity (Wildman–Crippen MR) is 90.7 cm³/mol. The molecule has 0 aliphatic carbocycles. The zero-order valence-corrected chi connectivity index (χ0v) is 13.3. The second-order valence-electron chi connectivity index (χ2n) is 5.62. The van der Waals surface area contributed by atoms with Crippen LogP contribution in [0.1, 0.15) is 27.2 Å². The fourth-order valence-electron chi connectivity index (χ4n) is 2.43. The van der Waals surface area contributed by atoms with Gasteiger partial charge in [0.2, 0.25) is 0 Å². The fraction of sp³-hybridized carbons (Fsp3) is 0.158. The van der Waals surface area contributed by atoms with Crippen molar-refractivity contribution in [1.29, 1.82) is 0 Å². The topological polar surface area (TPSA) is 46.9 Å². The van der Waals surface area contributed by atoms with Gasteiger partial charge in [-0.05, 0) is 49.7 Å². The van der Waals surface area contributed by atoms with E-state index in [0.29, 0.717) is 12.1 Å². The van der Waals surface area contributed by atoms with Crippen molar-refractivity contribution in [3.63, 3.8) is 0 Å². The van der Waals surface area contributed by atoms with E-state index in [9.17, 15) is 4.79 Å². The summed E-state index contributed by atoms with van der Waals surface area (Å²) in [6.07, 6.45) is 1.90. The monoisotopic (exact) mass is 305 g/mol. The van der Waals surface area contributed by atoms with Crippen molar-refractivity contribution < 1.29 is 4.79 Å². The zero-order chi connectivity index (χ0) is 16.2. The summed E-state index contributed by atoms with van der Waals surface area (Å²) in [7, 11) is 0. The molecule has 23 heavy (non-hydrogen) atoms. The summed E-state index contributed by atoms with van der Waals surface area (Å²) >= 11 is 0. The molecule has 0 bridgehead atoms. The number of aromatic nitrogens is 2. The molecular weight excluding hydrogens is 286 g/mol. The Morgan fingerprint density at radius 1 is 1.09 bits per heavy atom. The number of rotatable bonds is 4. The van der Waals surface area contributed by atoms with Gasteiger partial charge in [-0.25, -0.2) is 4.68 Å². The van der Waals surface area contributed by atoms with Gasteiger partial charge in [0.15, 0.2) is 0 Å². The molecule has 0 saturated heterocycles. The van der Waals surface area contributed by atoms with Crippen LogP contribution in [0.3, 0.4) is 0 Å². The number of hydrogen-bond donors (Lipinski definition) is 1. The van der Waals surface area contributed by atoms with Crippen LogP contribution in [0.15, 0.2) is 60.8 Å². The lowest BCUT2D eigenvalue weighted by Gasteiger charge is -2.07. The van der Waals surface area contributed by atoms with Crippen LogP contribution < -0.4 is 5.32 Å². The van der Waals surface area contributed by atoms with Gasteiger partial charge >= 0.3 is 0 Å². The van der Waals surface area contributed by atoms with E-state index in [-0.39, 0.29) is 5.91 Å². The molecule has 0 saturated carbocycles. The van der Waals surface area contributed by atoms with Crippen LogP contribution in [0.25, 0.3) is 5.69 Å². The molecule has 0 aliphatic rings. The first kappa shape index (κ1) is 15.0. The van der Waals surface area contributed by atoms with Crippen LogP contribution >= 0.6 is 0 Å². The Morgan fingerprint density at radius 3 is 2.52 bits per heavy atom. The van der Waals surface area contributed by atoms with E-state index in [4.69, 9.17) is 0 Å². The normalized spacial score (nSPS) is 10.5. The Kier molecular flexibility index (Phi) is 4.24. The van der Waals surface area contributed by atoms with E-state index < -0.39 is 0 Å². The van der Waals surface area contributed by atoms with Crippen molar-refractivity contribution in [3.05, 3.63) is 83.2 Å². The Bertz CT molecular complexity index is 819. The second kappa shape index (κ2) is 6.48. The molecule has 0 spiro atoms. The van der Waals surface area contributed by atoms with Crippen molar-refractivity contribution in [2.24, 2.45) is 0 Å². The first-order valence-corrected chi connectivity index (χ1v) is 7.58. The molecule has 2 aromatic carbocycles. The highest BCUT2D eigenvalue weighted by Crippen LogP contribution is 2.10. The number of aryl methyl sites for hydroxylation is 2. The summed E-state index contributed by atoms with van der Waals surface area (Å²) < 4.78 is 1.80. The molecule has 1 aromatic heterocycles. The largest absolute Gasteiger partial charge is 0.348 e. The van der Waals surface area contributed by atoms with Crippen LogP contribution in [0.2, 0.25) is 0 Å². The fourth-order valence-corrected chi connectivity index (χ4v) is 2.43. The van der Waals surface area contributed by atoms with Crippen LogP contribution in [0.5, 0.6) is 0 Å². The number of nitrogens with one attached hydrogen (secondary N) is 1. The molecular formula is C19H19N3O. The molecule has 116 valence electrons. The molecule has 0 unspecified atom stereocenters. The third kappa shape index (κ3) is 3.66. The minimum absolute atomic E-state index is 0.0744. The van der Waals surface area contributed by atoms with Crippen molar-refractivity contribution in [2.75, 3.05) is 0 Å². The lowest BCUT2D eigenvalue weighted by Crippen LogP contribution is -2.22. The van der Waals surface area contributed by atoms with Gasteiger partial charge in [0.1, 0.15) is 0 Å². The average molecular weight is 305 g/mol. The molecule has 1 N–H and O–H groups in total. The average Bonchev–Trinajstić information content (AvgIpc) is 2.99. The van der Waals surface area contributed by atoms with Crippen molar-refractivity contribution in [3.8, 4) is 5.69 Å². The van der Waals surface area contributed by atoms with Crippen LogP contribution in [0, 0.1) is 13.8 Å². The first-order valence-electron chi connectivity index (χ1n) is 7.58. The van der Waals surface area contributed by atoms with Crippen molar-refractivity contribution in [1.82, 2.24) is 15.1 Å². The maximum atomic E-state index is 12.2. The first-order chi connectivity index (χ1) is 11.1. The SMILES string of the molecule is Cc1cccc(CNC(=O)c2ccc(-n3ccc(C)n3)cc2)c1. The molecule has 4 heteroatoms. The number of benzene rings is 2. The summed E-state index contributed by atoms with van der Waals surface area (Å²) in [5.74, 6) is -0.0744. The molecule has 3 rings (SSSR count). The van der Waals surface area contributed by atoms with Crippen LogP contribution in [-0.2, 0) is 6.54 Å². The summed E-state index contributed by atoms with van der Waals surface area (Å²) in [6.45, 7) is 4.52. The van der Waals surface area contributed by atoms with Gasteiger partial charge in [-0.15, -0.1) is 0 Å². The third-order valence-corrected chi connectivity index (χ3v) is 3.65. The van der Waals surface area contributed by atoms with Crippen molar-refractivity contribution in [2.45, 2.75) is 20.4 Å². The standard InChI is InChI=1S/C19H19N3O/c1-14-4-3-5-16(12-14)13-20-19(23)17-6-8-18(9-7-17)22-11-10-15(2)21-22/h3-12H,13H2,1-2H3,(H,20,23). The van der Waals surface area contributed by atoms with Gasteiger partial charge in [-0.3, -0.25) is 4.79 Å². The molecule has 0 radical (unpaired) electrons. The number of amides is 1. The minimum atomic E-state index is -0.0744. The minimum Gasteiger partial charge on any atom is -0.348 e. The Labute approximate surface area is 135 Å². The Morgan fingerprint density at radius 2 is 1.87 bits per heavy atom. The maximum Gasteiger partial charge on any atom is 0.251 e. The van der Waals surface area contributed by atoms with E-state index >= 15 is 0 Å². The van der Waals surface area contributed by atoms with Crippen LogP contribution in [0.4, 0.5) is 0 Å². The van der Waals surface area contributed by atoms with Gasteiger partial charge in [-0.2, -0.15) is 5.10 Å². The molecule has 4 nitrogen and oxygen atoms in total. The molecule has 1 heterocycles. The highest BCUT2D eigenvalue weighted by Gasteiger charge is 2.06. The van der Waals surface area contributed by atoms with E-state index in [1.807, 2.05) is 68.6 Å². The van der Waals surface area contributed by atoms with Crippen molar-refractivity contribution >= 4 is 5.91 Å². The smallest absolute Gasteiger partial charge is 0.251 e. The number of nitrogens with zero attached hydrogens (tertiary/aromatic N) is 2. The molecule has 0 atom stereocenters. The van der Waals surface area contributed by atoms with Gasteiger partial charge in [0, 0.05) is 18.3 Å². The summed E-state index contributed by atoms with van der Waals surface area (Å²) in [5.41, 5.74) is 4.83.